The summed E-state index contributed by atoms with van der Waals surface area (Å²) in [6, 6.07) is 7.21. The molecule has 1 atom stereocenters. The molecule has 0 heterocycles. The molecule has 0 saturated heterocycles. The van der Waals surface area contributed by atoms with Crippen molar-refractivity contribution in [2.45, 2.75) is 26.4 Å². The average Bonchev–Trinajstić information content (AvgIpc) is 2.23. The van der Waals surface area contributed by atoms with E-state index in [2.05, 4.69) is 19.2 Å². The number of rotatable bonds is 6. The molecule has 0 amide bonds. The van der Waals surface area contributed by atoms with Crippen molar-refractivity contribution in [3.05, 3.63) is 35.6 Å². The Hall–Kier alpha value is -0.540. The van der Waals surface area contributed by atoms with Gasteiger partial charge in [-0.15, -0.1) is 0 Å². The van der Waals surface area contributed by atoms with E-state index >= 15 is 0 Å². The van der Waals surface area contributed by atoms with E-state index in [1.165, 1.54) is 6.07 Å². The first-order valence-corrected chi connectivity index (χ1v) is 6.43. The third-order valence-corrected chi connectivity index (χ3v) is 3.26. The monoisotopic (exact) mass is 227 g/mol. The zero-order valence-electron chi connectivity index (χ0n) is 9.29. The van der Waals surface area contributed by atoms with E-state index in [4.69, 9.17) is 0 Å². The summed E-state index contributed by atoms with van der Waals surface area (Å²) >= 11 is 1.92. The van der Waals surface area contributed by atoms with Crippen LogP contribution >= 0.6 is 11.8 Å². The van der Waals surface area contributed by atoms with Crippen molar-refractivity contribution in [2.24, 2.45) is 0 Å². The van der Waals surface area contributed by atoms with Crippen LogP contribution < -0.4 is 5.32 Å². The van der Waals surface area contributed by atoms with E-state index in [1.54, 1.807) is 12.1 Å². The number of hydrogen-bond donors (Lipinski definition) is 1. The smallest absolute Gasteiger partial charge is 0.123 e. The SMILES string of the molecule is CCSCC(C)NCc1cccc(F)c1. The number of hydrogen-bond acceptors (Lipinski definition) is 2. The number of thioether (sulfide) groups is 1. The average molecular weight is 227 g/mol. The van der Waals surface area contributed by atoms with Gasteiger partial charge in [0.25, 0.3) is 0 Å². The molecule has 1 rings (SSSR count). The summed E-state index contributed by atoms with van der Waals surface area (Å²) in [6.45, 7) is 5.05. The minimum Gasteiger partial charge on any atom is -0.309 e. The van der Waals surface area contributed by atoms with Crippen LogP contribution in [0, 0.1) is 5.82 Å². The summed E-state index contributed by atoms with van der Waals surface area (Å²) in [6.07, 6.45) is 0. The molecule has 84 valence electrons. The predicted octanol–water partition coefficient (Wildman–Crippen LogP) is 3.06. The van der Waals surface area contributed by atoms with Crippen molar-refractivity contribution in [3.63, 3.8) is 0 Å². The van der Waals surface area contributed by atoms with E-state index in [9.17, 15) is 4.39 Å². The topological polar surface area (TPSA) is 12.0 Å². The second-order valence-corrected chi connectivity index (χ2v) is 4.89. The van der Waals surface area contributed by atoms with Gasteiger partial charge in [-0.2, -0.15) is 11.8 Å². The Morgan fingerprint density at radius 2 is 2.27 bits per heavy atom. The van der Waals surface area contributed by atoms with Gasteiger partial charge >= 0.3 is 0 Å². The molecule has 0 aliphatic rings. The summed E-state index contributed by atoms with van der Waals surface area (Å²) in [4.78, 5) is 0. The Morgan fingerprint density at radius 1 is 1.47 bits per heavy atom. The van der Waals surface area contributed by atoms with Crippen LogP contribution in [0.1, 0.15) is 19.4 Å². The Bertz CT molecular complexity index is 291. The maximum Gasteiger partial charge on any atom is 0.123 e. The van der Waals surface area contributed by atoms with Gasteiger partial charge in [-0.25, -0.2) is 4.39 Å². The molecular formula is C12H18FNS. The van der Waals surface area contributed by atoms with Crippen molar-refractivity contribution in [2.75, 3.05) is 11.5 Å². The number of halogens is 1. The van der Waals surface area contributed by atoms with Gasteiger partial charge < -0.3 is 5.32 Å². The van der Waals surface area contributed by atoms with Crippen LogP contribution in [-0.2, 0) is 6.54 Å². The first-order valence-electron chi connectivity index (χ1n) is 5.28. The zero-order chi connectivity index (χ0) is 11.1. The van der Waals surface area contributed by atoms with Crippen molar-refractivity contribution in [1.29, 1.82) is 0 Å². The van der Waals surface area contributed by atoms with Gasteiger partial charge in [0.1, 0.15) is 5.82 Å². The van der Waals surface area contributed by atoms with E-state index in [0.29, 0.717) is 6.04 Å². The highest BCUT2D eigenvalue weighted by Gasteiger charge is 2.01. The maximum atomic E-state index is 12.9. The van der Waals surface area contributed by atoms with E-state index in [0.717, 1.165) is 23.6 Å². The normalized spacial score (nSPS) is 12.7. The lowest BCUT2D eigenvalue weighted by Gasteiger charge is -2.12. The zero-order valence-corrected chi connectivity index (χ0v) is 10.1. The molecule has 0 aliphatic heterocycles. The highest BCUT2D eigenvalue weighted by atomic mass is 32.2. The number of nitrogens with one attached hydrogen (secondary N) is 1. The van der Waals surface area contributed by atoms with E-state index in [-0.39, 0.29) is 5.82 Å². The number of benzene rings is 1. The second-order valence-electron chi connectivity index (χ2n) is 3.57. The molecule has 1 aromatic carbocycles. The first kappa shape index (κ1) is 12.5. The third-order valence-electron chi connectivity index (χ3n) is 2.12. The molecule has 0 fully saturated rings. The van der Waals surface area contributed by atoms with Gasteiger partial charge in [-0.3, -0.25) is 0 Å². The summed E-state index contributed by atoms with van der Waals surface area (Å²) in [7, 11) is 0. The molecule has 15 heavy (non-hydrogen) atoms. The molecule has 0 aromatic heterocycles. The predicted molar refractivity (Wildman–Crippen MR) is 65.7 cm³/mol. The van der Waals surface area contributed by atoms with Crippen LogP contribution in [0.3, 0.4) is 0 Å². The Kier molecular flexibility index (Phi) is 5.73. The second kappa shape index (κ2) is 6.85. The molecule has 1 unspecified atom stereocenters. The van der Waals surface area contributed by atoms with Crippen LogP contribution in [0.5, 0.6) is 0 Å². The largest absolute Gasteiger partial charge is 0.309 e. The first-order chi connectivity index (χ1) is 7.22. The Labute approximate surface area is 95.5 Å². The molecule has 0 saturated carbocycles. The highest BCUT2D eigenvalue weighted by Crippen LogP contribution is 2.05. The summed E-state index contributed by atoms with van der Waals surface area (Å²) < 4.78 is 12.9. The quantitative estimate of drug-likeness (QED) is 0.801. The van der Waals surface area contributed by atoms with Crippen molar-refractivity contribution >= 4 is 11.8 Å². The highest BCUT2D eigenvalue weighted by molar-refractivity contribution is 7.99. The van der Waals surface area contributed by atoms with Crippen LogP contribution in [0.25, 0.3) is 0 Å². The van der Waals surface area contributed by atoms with Gasteiger partial charge in [0.2, 0.25) is 0 Å². The molecule has 0 radical (unpaired) electrons. The molecule has 1 nitrogen and oxygen atoms in total. The van der Waals surface area contributed by atoms with Crippen LogP contribution in [-0.4, -0.2) is 17.5 Å². The fourth-order valence-electron chi connectivity index (χ4n) is 1.29. The van der Waals surface area contributed by atoms with Crippen LogP contribution in [0.2, 0.25) is 0 Å². The van der Waals surface area contributed by atoms with Crippen LogP contribution in [0.4, 0.5) is 4.39 Å². The molecule has 0 spiro atoms. The van der Waals surface area contributed by atoms with Crippen molar-refractivity contribution in [1.82, 2.24) is 5.32 Å². The van der Waals surface area contributed by atoms with E-state index in [1.807, 2.05) is 17.8 Å². The van der Waals surface area contributed by atoms with Gasteiger partial charge in [0.15, 0.2) is 0 Å². The summed E-state index contributed by atoms with van der Waals surface area (Å²) in [5, 5.41) is 3.37. The van der Waals surface area contributed by atoms with Gasteiger partial charge in [-0.1, -0.05) is 19.1 Å². The lowest BCUT2D eigenvalue weighted by atomic mass is 10.2. The minimum atomic E-state index is -0.162. The standard InChI is InChI=1S/C12H18FNS/c1-3-15-9-10(2)14-8-11-5-4-6-12(13)7-11/h4-7,10,14H,3,8-9H2,1-2H3. The molecule has 1 N–H and O–H groups in total. The maximum absolute atomic E-state index is 12.9. The van der Waals surface area contributed by atoms with Crippen molar-refractivity contribution in [3.8, 4) is 0 Å². The molecule has 1 aromatic rings. The molecular weight excluding hydrogens is 209 g/mol. The Morgan fingerprint density at radius 3 is 2.93 bits per heavy atom. The molecule has 0 bridgehead atoms. The fraction of sp³-hybridized carbons (Fsp3) is 0.500. The Balaban J connectivity index is 2.30. The van der Waals surface area contributed by atoms with Gasteiger partial charge in [0, 0.05) is 18.3 Å². The van der Waals surface area contributed by atoms with Gasteiger partial charge in [0.05, 0.1) is 0 Å². The fourth-order valence-corrected chi connectivity index (χ4v) is 2.00. The van der Waals surface area contributed by atoms with Crippen molar-refractivity contribution < 1.29 is 4.39 Å². The summed E-state index contributed by atoms with van der Waals surface area (Å²) in [5.41, 5.74) is 1.00. The van der Waals surface area contributed by atoms with E-state index < -0.39 is 0 Å². The molecule has 3 heteroatoms. The van der Waals surface area contributed by atoms with Crippen LogP contribution in [0.15, 0.2) is 24.3 Å². The van der Waals surface area contributed by atoms with Gasteiger partial charge in [-0.05, 0) is 30.4 Å². The molecule has 0 aliphatic carbocycles. The third kappa shape index (κ3) is 5.19. The lowest BCUT2D eigenvalue weighted by Crippen LogP contribution is -2.27. The summed E-state index contributed by atoms with van der Waals surface area (Å²) in [5.74, 6) is 2.09. The minimum absolute atomic E-state index is 0.162. The lowest BCUT2D eigenvalue weighted by molar-refractivity contribution is 0.587.